The molecule has 0 fully saturated rings. The maximum atomic E-state index is 12.6. The van der Waals surface area contributed by atoms with Gasteiger partial charge in [-0.05, 0) is 44.1 Å². The van der Waals surface area contributed by atoms with Crippen LogP contribution in [0.5, 0.6) is 0 Å². The first-order chi connectivity index (χ1) is 12.0. The number of carbonyl (C=O) groups is 1. The number of hydrogen-bond acceptors (Lipinski definition) is 6. The van der Waals surface area contributed by atoms with Crippen LogP contribution in [0.2, 0.25) is 0 Å². The van der Waals surface area contributed by atoms with E-state index in [0.29, 0.717) is 17.7 Å². The minimum Gasteiger partial charge on any atom is -0.465 e. The Morgan fingerprint density at radius 2 is 2.32 bits per heavy atom. The van der Waals surface area contributed by atoms with Crippen LogP contribution >= 0.6 is 23.1 Å². The van der Waals surface area contributed by atoms with Crippen molar-refractivity contribution in [3.63, 3.8) is 0 Å². The number of ether oxygens (including phenoxy) is 1. The molecule has 2 heterocycles. The molecule has 0 radical (unpaired) electrons. The lowest BCUT2D eigenvalue weighted by Crippen LogP contribution is -2.19. The number of thioether (sulfide) groups is 1. The Bertz CT molecular complexity index is 828. The van der Waals surface area contributed by atoms with Gasteiger partial charge in [-0.25, -0.2) is 4.98 Å². The Morgan fingerprint density at radius 1 is 1.52 bits per heavy atom. The molecule has 2 atom stereocenters. The number of aryl methyl sites for hydroxylation is 1. The first-order valence-corrected chi connectivity index (χ1v) is 10.6. The maximum Gasteiger partial charge on any atom is 0.319 e. The lowest BCUT2D eigenvalue weighted by molar-refractivity contribution is -0.142. The summed E-state index contributed by atoms with van der Waals surface area (Å²) < 4.78 is 5.24. The van der Waals surface area contributed by atoms with Crippen molar-refractivity contribution in [1.82, 2.24) is 9.97 Å². The normalized spacial score (nSPS) is 18.1. The zero-order valence-corrected chi connectivity index (χ0v) is 16.5. The number of rotatable bonds is 6. The average Bonchev–Trinajstić information content (AvgIpc) is 2.92. The van der Waals surface area contributed by atoms with E-state index in [9.17, 15) is 9.59 Å². The van der Waals surface area contributed by atoms with Crippen molar-refractivity contribution in [3.8, 4) is 0 Å². The first kappa shape index (κ1) is 18.5. The molecular weight excluding hydrogens is 356 g/mol. The summed E-state index contributed by atoms with van der Waals surface area (Å²) in [4.78, 5) is 34.1. The largest absolute Gasteiger partial charge is 0.465 e. The van der Waals surface area contributed by atoms with Crippen LogP contribution in [0.4, 0.5) is 0 Å². The van der Waals surface area contributed by atoms with E-state index in [1.807, 2.05) is 0 Å². The number of esters is 1. The molecule has 136 valence electrons. The van der Waals surface area contributed by atoms with Crippen LogP contribution in [0, 0.1) is 5.92 Å². The molecule has 0 aliphatic heterocycles. The summed E-state index contributed by atoms with van der Waals surface area (Å²) >= 11 is 2.87. The zero-order chi connectivity index (χ0) is 18.0. The van der Waals surface area contributed by atoms with E-state index < -0.39 is 5.25 Å². The van der Waals surface area contributed by atoms with E-state index in [1.165, 1.54) is 22.2 Å². The standard InChI is InChI=1S/C18H24N2O3S2/c1-4-5-8-23-17(22)11(3)24-18-19-15(21)14-12-7-6-10(2)9-13(12)25-16(14)20-18/h10-11H,4-9H2,1-3H3,(H,19,20,21). The van der Waals surface area contributed by atoms with Gasteiger partial charge in [0.2, 0.25) is 0 Å². The van der Waals surface area contributed by atoms with E-state index in [0.717, 1.165) is 42.3 Å². The summed E-state index contributed by atoms with van der Waals surface area (Å²) in [5.74, 6) is 0.395. The molecule has 3 rings (SSSR count). The summed E-state index contributed by atoms with van der Waals surface area (Å²) in [5, 5.41) is 0.838. The van der Waals surface area contributed by atoms with Crippen molar-refractivity contribution >= 4 is 39.3 Å². The second-order valence-corrected chi connectivity index (χ2v) is 9.10. The maximum absolute atomic E-state index is 12.6. The lowest BCUT2D eigenvalue weighted by atomic mass is 9.89. The third-order valence-corrected chi connectivity index (χ3v) is 6.62. The van der Waals surface area contributed by atoms with Crippen LogP contribution in [-0.4, -0.2) is 27.8 Å². The fraction of sp³-hybridized carbons (Fsp3) is 0.611. The highest BCUT2D eigenvalue weighted by molar-refractivity contribution is 8.00. The van der Waals surface area contributed by atoms with Gasteiger partial charge >= 0.3 is 5.97 Å². The van der Waals surface area contributed by atoms with Gasteiger partial charge in [-0.1, -0.05) is 32.0 Å². The monoisotopic (exact) mass is 380 g/mol. The molecule has 0 aromatic carbocycles. The number of thiophene rings is 1. The Balaban J connectivity index is 1.79. The van der Waals surface area contributed by atoms with Crippen LogP contribution in [0.25, 0.3) is 10.2 Å². The van der Waals surface area contributed by atoms with Gasteiger partial charge in [0, 0.05) is 4.88 Å². The Hall–Kier alpha value is -1.34. The van der Waals surface area contributed by atoms with Crippen LogP contribution < -0.4 is 5.56 Å². The summed E-state index contributed by atoms with van der Waals surface area (Å²) in [6.45, 7) is 6.53. The molecular formula is C18H24N2O3S2. The lowest BCUT2D eigenvalue weighted by Gasteiger charge is -2.17. The molecule has 7 heteroatoms. The van der Waals surface area contributed by atoms with E-state index >= 15 is 0 Å². The number of hydrogen-bond donors (Lipinski definition) is 1. The summed E-state index contributed by atoms with van der Waals surface area (Å²) in [5.41, 5.74) is 1.08. The van der Waals surface area contributed by atoms with Gasteiger partial charge < -0.3 is 9.72 Å². The number of nitrogens with zero attached hydrogens (tertiary/aromatic N) is 1. The molecule has 1 aliphatic carbocycles. The van der Waals surface area contributed by atoms with Crippen molar-refractivity contribution in [2.45, 2.75) is 63.3 Å². The molecule has 5 nitrogen and oxygen atoms in total. The van der Waals surface area contributed by atoms with Gasteiger partial charge in [0.05, 0.1) is 12.0 Å². The highest BCUT2D eigenvalue weighted by Gasteiger charge is 2.24. The molecule has 0 bridgehead atoms. The van der Waals surface area contributed by atoms with Crippen molar-refractivity contribution in [2.24, 2.45) is 5.92 Å². The quantitative estimate of drug-likeness (QED) is 0.356. The van der Waals surface area contributed by atoms with Crippen LogP contribution in [0.1, 0.15) is 50.5 Å². The summed E-state index contributed by atoms with van der Waals surface area (Å²) in [6.07, 6.45) is 4.95. The van der Waals surface area contributed by atoms with Gasteiger partial charge in [-0.2, -0.15) is 0 Å². The molecule has 1 aliphatic rings. The summed E-state index contributed by atoms with van der Waals surface area (Å²) in [7, 11) is 0. The fourth-order valence-corrected chi connectivity index (χ4v) is 5.27. The van der Waals surface area contributed by atoms with E-state index in [4.69, 9.17) is 4.74 Å². The molecule has 0 amide bonds. The molecule has 2 aromatic rings. The third kappa shape index (κ3) is 4.08. The zero-order valence-electron chi connectivity index (χ0n) is 14.9. The first-order valence-electron chi connectivity index (χ1n) is 8.87. The van der Waals surface area contributed by atoms with Gasteiger partial charge in [-0.15, -0.1) is 11.3 Å². The second kappa shape index (κ2) is 7.91. The molecule has 0 spiro atoms. The molecule has 0 saturated heterocycles. The smallest absolute Gasteiger partial charge is 0.319 e. The van der Waals surface area contributed by atoms with Gasteiger partial charge in [0.1, 0.15) is 10.1 Å². The Morgan fingerprint density at radius 3 is 3.08 bits per heavy atom. The van der Waals surface area contributed by atoms with E-state index in [2.05, 4.69) is 23.8 Å². The van der Waals surface area contributed by atoms with Crippen molar-refractivity contribution in [2.75, 3.05) is 6.61 Å². The fourth-order valence-electron chi connectivity index (χ4n) is 3.03. The minimum absolute atomic E-state index is 0.0916. The van der Waals surface area contributed by atoms with Crippen molar-refractivity contribution < 1.29 is 9.53 Å². The van der Waals surface area contributed by atoms with Gasteiger partial charge in [-0.3, -0.25) is 9.59 Å². The minimum atomic E-state index is -0.396. The molecule has 2 unspecified atom stereocenters. The van der Waals surface area contributed by atoms with Crippen molar-refractivity contribution in [3.05, 3.63) is 20.8 Å². The van der Waals surface area contributed by atoms with E-state index in [1.54, 1.807) is 18.3 Å². The predicted molar refractivity (Wildman–Crippen MR) is 103 cm³/mol. The third-order valence-electron chi connectivity index (χ3n) is 4.51. The van der Waals surface area contributed by atoms with Gasteiger partial charge in [0.15, 0.2) is 5.16 Å². The highest BCUT2D eigenvalue weighted by atomic mass is 32.2. The SMILES string of the molecule is CCCCOC(=O)C(C)Sc1nc2sc3c(c2c(=O)[nH]1)CCC(C)C3. The van der Waals surface area contributed by atoms with Crippen LogP contribution in [-0.2, 0) is 22.4 Å². The summed E-state index contributed by atoms with van der Waals surface area (Å²) in [6, 6.07) is 0. The predicted octanol–water partition coefficient (Wildman–Crippen LogP) is 3.93. The van der Waals surface area contributed by atoms with E-state index in [-0.39, 0.29) is 11.5 Å². The number of unbranched alkanes of at least 4 members (excludes halogenated alkanes) is 1. The second-order valence-electron chi connectivity index (χ2n) is 6.68. The Labute approximate surface area is 155 Å². The van der Waals surface area contributed by atoms with Crippen LogP contribution in [0.3, 0.4) is 0 Å². The number of nitrogens with one attached hydrogen (secondary N) is 1. The van der Waals surface area contributed by atoms with Crippen molar-refractivity contribution in [1.29, 1.82) is 0 Å². The molecule has 0 saturated carbocycles. The number of aromatic amines is 1. The Kier molecular flexibility index (Phi) is 5.84. The number of H-pyrrole nitrogens is 1. The number of aromatic nitrogens is 2. The van der Waals surface area contributed by atoms with Crippen LogP contribution in [0.15, 0.2) is 9.95 Å². The number of carbonyl (C=O) groups excluding carboxylic acids is 1. The highest BCUT2D eigenvalue weighted by Crippen LogP contribution is 2.36. The molecule has 1 N–H and O–H groups in total. The molecule has 2 aromatic heterocycles. The average molecular weight is 381 g/mol. The topological polar surface area (TPSA) is 72.0 Å². The van der Waals surface area contributed by atoms with Gasteiger partial charge in [0.25, 0.3) is 5.56 Å². The molecule has 25 heavy (non-hydrogen) atoms. The number of fused-ring (bicyclic) bond motifs is 3.